The third kappa shape index (κ3) is 11.5. The molecule has 0 saturated carbocycles. The molecule has 2 N–H and O–H groups in total. The van der Waals surface area contributed by atoms with Crippen molar-refractivity contribution in [2.75, 3.05) is 39.6 Å². The molecule has 0 aromatic rings. The Labute approximate surface area is 118 Å². The van der Waals surface area contributed by atoms with E-state index in [4.69, 9.17) is 19.0 Å². The van der Waals surface area contributed by atoms with Gasteiger partial charge in [-0.25, -0.2) is 0 Å². The minimum atomic E-state index is -1.13. The normalized spacial score (nSPS) is 14.8. The largest absolute Gasteiger partial charge is 0.418 e. The van der Waals surface area contributed by atoms with Crippen molar-refractivity contribution in [2.24, 2.45) is 0 Å². The number of unbranched alkanes of at least 4 members (excludes halogenated alkanes) is 1. The van der Waals surface area contributed by atoms with Gasteiger partial charge in [0.15, 0.2) is 9.04 Å². The Kier molecular flexibility index (Phi) is 11.8. The number of rotatable bonds is 13. The predicted molar refractivity (Wildman–Crippen MR) is 78.0 cm³/mol. The highest BCUT2D eigenvalue weighted by Crippen LogP contribution is 2.16. The van der Waals surface area contributed by atoms with Crippen molar-refractivity contribution in [3.63, 3.8) is 0 Å². The van der Waals surface area contributed by atoms with Gasteiger partial charge in [-0.2, -0.15) is 0 Å². The fourth-order valence-corrected chi connectivity index (χ4v) is 2.20. The summed E-state index contributed by atoms with van der Waals surface area (Å²) in [6.45, 7) is 8.11. The van der Waals surface area contributed by atoms with Crippen LogP contribution in [0.4, 0.5) is 0 Å². The summed E-state index contributed by atoms with van der Waals surface area (Å²) in [5, 5.41) is 19.0. The summed E-state index contributed by atoms with van der Waals surface area (Å²) >= 11 is 0. The van der Waals surface area contributed by atoms with Crippen molar-refractivity contribution < 1.29 is 24.1 Å². The average Bonchev–Trinajstić information content (AvgIpc) is 2.38. The van der Waals surface area contributed by atoms with Crippen molar-refractivity contribution in [3.05, 3.63) is 0 Å². The Balaban J connectivity index is 3.90. The molecule has 0 saturated heterocycles. The molecule has 0 fully saturated rings. The van der Waals surface area contributed by atoms with Crippen LogP contribution in [0.2, 0.25) is 13.1 Å². The molecule has 1 unspecified atom stereocenters. The van der Waals surface area contributed by atoms with Gasteiger partial charge >= 0.3 is 0 Å². The zero-order valence-corrected chi connectivity index (χ0v) is 13.7. The van der Waals surface area contributed by atoms with Crippen LogP contribution in [0.15, 0.2) is 0 Å². The molecular formula is C13H30O5Si. The third-order valence-electron chi connectivity index (χ3n) is 2.66. The van der Waals surface area contributed by atoms with Gasteiger partial charge in [-0.1, -0.05) is 19.8 Å². The van der Waals surface area contributed by atoms with Gasteiger partial charge in [-0.3, -0.25) is 0 Å². The SMILES string of the molecule is CCCCC(O)(COCCOCCO)CO[SiH](C)C. The lowest BCUT2D eigenvalue weighted by molar-refractivity contribution is -0.0863. The summed E-state index contributed by atoms with van der Waals surface area (Å²) < 4.78 is 16.2. The summed E-state index contributed by atoms with van der Waals surface area (Å²) in [7, 11) is -1.13. The summed E-state index contributed by atoms with van der Waals surface area (Å²) in [4.78, 5) is 0. The van der Waals surface area contributed by atoms with Crippen molar-refractivity contribution in [2.45, 2.75) is 44.9 Å². The minimum absolute atomic E-state index is 0.0211. The minimum Gasteiger partial charge on any atom is -0.418 e. The molecule has 0 aromatic carbocycles. The van der Waals surface area contributed by atoms with E-state index in [1.54, 1.807) is 0 Å². The van der Waals surface area contributed by atoms with Crippen molar-refractivity contribution in [1.29, 1.82) is 0 Å². The summed E-state index contributed by atoms with van der Waals surface area (Å²) in [6, 6.07) is 0. The molecule has 0 radical (unpaired) electrons. The first-order valence-electron chi connectivity index (χ1n) is 7.14. The molecule has 0 aliphatic heterocycles. The van der Waals surface area contributed by atoms with Gasteiger partial charge < -0.3 is 24.1 Å². The molecule has 0 rings (SSSR count). The van der Waals surface area contributed by atoms with Crippen LogP contribution < -0.4 is 0 Å². The highest BCUT2D eigenvalue weighted by molar-refractivity contribution is 6.48. The van der Waals surface area contributed by atoms with Gasteiger partial charge in [0.2, 0.25) is 0 Å². The quantitative estimate of drug-likeness (QED) is 0.391. The van der Waals surface area contributed by atoms with Gasteiger partial charge in [0.25, 0.3) is 0 Å². The summed E-state index contributed by atoms with van der Waals surface area (Å²) in [6.07, 6.45) is 2.70. The van der Waals surface area contributed by atoms with Gasteiger partial charge in [-0.15, -0.1) is 0 Å². The molecule has 0 aliphatic carbocycles. The number of aliphatic hydroxyl groups is 2. The molecule has 0 amide bonds. The van der Waals surface area contributed by atoms with Gasteiger partial charge in [0, 0.05) is 0 Å². The lowest BCUT2D eigenvalue weighted by Crippen LogP contribution is -2.41. The number of ether oxygens (including phenoxy) is 2. The topological polar surface area (TPSA) is 68.2 Å². The van der Waals surface area contributed by atoms with Gasteiger partial charge in [0.05, 0.1) is 39.6 Å². The average molecular weight is 294 g/mol. The molecule has 19 heavy (non-hydrogen) atoms. The molecule has 0 aromatic heterocycles. The maximum atomic E-state index is 10.5. The van der Waals surface area contributed by atoms with Gasteiger partial charge in [-0.05, 0) is 19.5 Å². The van der Waals surface area contributed by atoms with E-state index in [-0.39, 0.29) is 13.2 Å². The fourth-order valence-electron chi connectivity index (χ4n) is 1.56. The standard InChI is InChI=1S/C13H30O5Si/c1-4-5-6-13(15,12-18-19(2)3)11-17-10-9-16-8-7-14/h14-15,19H,4-12H2,1-3H3. The lowest BCUT2D eigenvalue weighted by atomic mass is 9.99. The monoisotopic (exact) mass is 294 g/mol. The van der Waals surface area contributed by atoms with Crippen LogP contribution in [0.1, 0.15) is 26.2 Å². The van der Waals surface area contributed by atoms with E-state index in [1.165, 1.54) is 0 Å². The first-order valence-corrected chi connectivity index (χ1v) is 9.92. The highest BCUT2D eigenvalue weighted by atomic mass is 28.3. The molecule has 1 atom stereocenters. The molecule has 0 aliphatic rings. The van der Waals surface area contributed by atoms with Crippen LogP contribution >= 0.6 is 0 Å². The Morgan fingerprint density at radius 3 is 2.32 bits per heavy atom. The van der Waals surface area contributed by atoms with Crippen LogP contribution in [-0.2, 0) is 13.9 Å². The molecule has 0 heterocycles. The molecule has 116 valence electrons. The number of aliphatic hydroxyl groups excluding tert-OH is 1. The van der Waals surface area contributed by atoms with Crippen LogP contribution in [-0.4, -0.2) is 64.5 Å². The lowest BCUT2D eigenvalue weighted by Gasteiger charge is -2.28. The Bertz CT molecular complexity index is 203. The first kappa shape index (κ1) is 19.0. The Hall–Kier alpha value is 0.0169. The highest BCUT2D eigenvalue weighted by Gasteiger charge is 2.27. The van der Waals surface area contributed by atoms with Crippen LogP contribution in [0.5, 0.6) is 0 Å². The second kappa shape index (κ2) is 11.8. The maximum Gasteiger partial charge on any atom is 0.171 e. The fraction of sp³-hybridized carbons (Fsp3) is 1.00. The zero-order valence-electron chi connectivity index (χ0n) is 12.6. The Morgan fingerprint density at radius 2 is 1.74 bits per heavy atom. The van der Waals surface area contributed by atoms with Crippen molar-refractivity contribution in [1.82, 2.24) is 0 Å². The first-order chi connectivity index (χ1) is 9.04. The number of hydrogen-bond donors (Lipinski definition) is 2. The van der Waals surface area contributed by atoms with E-state index < -0.39 is 14.6 Å². The van der Waals surface area contributed by atoms with E-state index in [9.17, 15) is 5.11 Å². The van der Waals surface area contributed by atoms with Crippen molar-refractivity contribution in [3.8, 4) is 0 Å². The summed E-state index contributed by atoms with van der Waals surface area (Å²) in [5.74, 6) is 0. The smallest absolute Gasteiger partial charge is 0.171 e. The second-order valence-corrected chi connectivity index (χ2v) is 7.51. The van der Waals surface area contributed by atoms with Crippen molar-refractivity contribution >= 4 is 9.04 Å². The molecule has 0 spiro atoms. The maximum absolute atomic E-state index is 10.5. The number of hydrogen-bond acceptors (Lipinski definition) is 5. The molecule has 0 bridgehead atoms. The van der Waals surface area contributed by atoms with E-state index in [0.717, 1.165) is 12.8 Å². The van der Waals surface area contributed by atoms with E-state index >= 15 is 0 Å². The third-order valence-corrected chi connectivity index (χ3v) is 3.49. The molecule has 6 heteroatoms. The molecule has 5 nitrogen and oxygen atoms in total. The van der Waals surface area contributed by atoms with Crippen LogP contribution in [0.3, 0.4) is 0 Å². The van der Waals surface area contributed by atoms with E-state index in [2.05, 4.69) is 20.0 Å². The van der Waals surface area contributed by atoms with Gasteiger partial charge in [0.1, 0.15) is 5.60 Å². The Morgan fingerprint density at radius 1 is 1.05 bits per heavy atom. The second-order valence-electron chi connectivity index (χ2n) is 5.08. The zero-order chi connectivity index (χ0) is 14.6. The summed E-state index contributed by atoms with van der Waals surface area (Å²) in [5.41, 5.74) is -0.885. The predicted octanol–water partition coefficient (Wildman–Crippen LogP) is 0.933. The van der Waals surface area contributed by atoms with E-state index in [0.29, 0.717) is 32.8 Å². The van der Waals surface area contributed by atoms with Crippen LogP contribution in [0.25, 0.3) is 0 Å². The van der Waals surface area contributed by atoms with E-state index in [1.807, 2.05) is 0 Å². The van der Waals surface area contributed by atoms with Crippen LogP contribution in [0, 0.1) is 0 Å². The molecular weight excluding hydrogens is 264 g/mol.